The first-order valence-corrected chi connectivity index (χ1v) is 12.5. The Morgan fingerprint density at radius 3 is 1.79 bits per heavy atom. The predicted molar refractivity (Wildman–Crippen MR) is 136 cm³/mol. The highest BCUT2D eigenvalue weighted by molar-refractivity contribution is 5.84. The van der Waals surface area contributed by atoms with E-state index in [1.807, 2.05) is 13.8 Å². The third-order valence-corrected chi connectivity index (χ3v) is 6.74. The van der Waals surface area contributed by atoms with Gasteiger partial charge in [-0.1, -0.05) is 55.4 Å². The molecule has 7 heteroatoms. The first-order chi connectivity index (χ1) is 15.2. The fraction of sp³-hybridized carbons (Fsp3) is 0.889. The smallest absolute Gasteiger partial charge is 0.337 e. The fourth-order valence-electron chi connectivity index (χ4n) is 3.62. The second-order valence-electron chi connectivity index (χ2n) is 12.4. The van der Waals surface area contributed by atoms with Gasteiger partial charge in [-0.15, -0.1) is 0 Å². The van der Waals surface area contributed by atoms with Gasteiger partial charge in [0.15, 0.2) is 11.4 Å². The van der Waals surface area contributed by atoms with E-state index in [-0.39, 0.29) is 35.7 Å². The number of nitrogens with one attached hydrogen (secondary N) is 1. The number of hydrogen-bond donors (Lipinski definition) is 1. The van der Waals surface area contributed by atoms with Crippen LogP contribution in [0.3, 0.4) is 0 Å². The monoisotopic (exact) mass is 485 g/mol. The molecule has 0 aliphatic heterocycles. The van der Waals surface area contributed by atoms with Crippen LogP contribution in [0.25, 0.3) is 0 Å². The summed E-state index contributed by atoms with van der Waals surface area (Å²) in [7, 11) is 0. The maximum atomic E-state index is 13.1. The fourth-order valence-corrected chi connectivity index (χ4v) is 3.62. The molecule has 0 saturated heterocycles. The van der Waals surface area contributed by atoms with Gasteiger partial charge < -0.3 is 19.5 Å². The van der Waals surface area contributed by atoms with Gasteiger partial charge in [-0.2, -0.15) is 0 Å². The van der Waals surface area contributed by atoms with Crippen molar-refractivity contribution >= 4 is 17.7 Å². The van der Waals surface area contributed by atoms with E-state index in [4.69, 9.17) is 14.2 Å². The standard InChI is InChI=1S/C27H51NO6/c1-13-27(12,20(2)29)34-17-14-16-32-22(31)25(9,10)33-18-15-28-21(30)26(11,24(6,7)8)19-23(3,4)5/h13-19H2,1-12H3,(H,28,30). The molecule has 0 aromatic rings. The molecule has 2 atom stereocenters. The molecule has 200 valence electrons. The van der Waals surface area contributed by atoms with Gasteiger partial charge in [0.05, 0.1) is 25.2 Å². The largest absolute Gasteiger partial charge is 0.463 e. The maximum Gasteiger partial charge on any atom is 0.337 e. The molecule has 0 aromatic heterocycles. The van der Waals surface area contributed by atoms with Crippen molar-refractivity contribution in [2.24, 2.45) is 16.2 Å². The Morgan fingerprint density at radius 2 is 1.35 bits per heavy atom. The number of carbonyl (C=O) groups is 3. The first kappa shape index (κ1) is 32.5. The van der Waals surface area contributed by atoms with Crippen molar-refractivity contribution in [3.8, 4) is 0 Å². The summed E-state index contributed by atoms with van der Waals surface area (Å²) in [6.07, 6.45) is 1.83. The number of Topliss-reactive ketones (excluding diaryl/α,β-unsaturated/α-hetero) is 1. The molecule has 34 heavy (non-hydrogen) atoms. The number of carbonyl (C=O) groups excluding carboxylic acids is 3. The SMILES string of the molecule is CCC(C)(OCCCOC(=O)C(C)(C)OCCNC(=O)C(C)(CC(C)(C)C)C(C)(C)C)C(C)=O. The predicted octanol–water partition coefficient (Wildman–Crippen LogP) is 5.09. The zero-order valence-corrected chi connectivity index (χ0v) is 23.9. The molecule has 0 radical (unpaired) electrons. The van der Waals surface area contributed by atoms with Gasteiger partial charge in [-0.3, -0.25) is 9.59 Å². The molecule has 0 heterocycles. The van der Waals surface area contributed by atoms with Gasteiger partial charge >= 0.3 is 5.97 Å². The van der Waals surface area contributed by atoms with Gasteiger partial charge in [0.1, 0.15) is 5.60 Å². The lowest BCUT2D eigenvalue weighted by Crippen LogP contribution is -2.50. The minimum absolute atomic E-state index is 0.00783. The van der Waals surface area contributed by atoms with Crippen LogP contribution in [-0.4, -0.2) is 55.2 Å². The summed E-state index contributed by atoms with van der Waals surface area (Å²) in [5.41, 5.74) is -2.68. The Hall–Kier alpha value is -1.47. The first-order valence-electron chi connectivity index (χ1n) is 12.5. The molecule has 0 aromatic carbocycles. The lowest BCUT2D eigenvalue weighted by Gasteiger charge is -2.44. The highest BCUT2D eigenvalue weighted by atomic mass is 16.6. The van der Waals surface area contributed by atoms with Gasteiger partial charge in [0.2, 0.25) is 5.91 Å². The van der Waals surface area contributed by atoms with E-state index in [2.05, 4.69) is 46.9 Å². The van der Waals surface area contributed by atoms with E-state index >= 15 is 0 Å². The maximum absolute atomic E-state index is 13.1. The van der Waals surface area contributed by atoms with E-state index in [0.29, 0.717) is 26.0 Å². The van der Waals surface area contributed by atoms with Crippen molar-refractivity contribution in [3.63, 3.8) is 0 Å². The van der Waals surface area contributed by atoms with Crippen molar-refractivity contribution < 1.29 is 28.6 Å². The van der Waals surface area contributed by atoms with Crippen LogP contribution in [0.5, 0.6) is 0 Å². The molecule has 0 fully saturated rings. The Morgan fingerprint density at radius 1 is 0.794 bits per heavy atom. The van der Waals surface area contributed by atoms with Gasteiger partial charge in [-0.25, -0.2) is 4.79 Å². The van der Waals surface area contributed by atoms with Crippen LogP contribution in [-0.2, 0) is 28.6 Å². The van der Waals surface area contributed by atoms with Crippen LogP contribution in [0, 0.1) is 16.2 Å². The van der Waals surface area contributed by atoms with Crippen molar-refractivity contribution in [3.05, 3.63) is 0 Å². The number of ether oxygens (including phenoxy) is 3. The van der Waals surface area contributed by atoms with Gasteiger partial charge in [-0.05, 0) is 51.4 Å². The zero-order chi connectivity index (χ0) is 27.0. The average molecular weight is 486 g/mol. The van der Waals surface area contributed by atoms with Crippen LogP contribution in [0.4, 0.5) is 0 Å². The molecule has 0 aliphatic carbocycles. The molecular weight excluding hydrogens is 434 g/mol. The number of ketones is 1. The van der Waals surface area contributed by atoms with E-state index in [9.17, 15) is 14.4 Å². The van der Waals surface area contributed by atoms with Crippen molar-refractivity contribution in [2.75, 3.05) is 26.4 Å². The molecular formula is C27H51NO6. The lowest BCUT2D eigenvalue weighted by molar-refractivity contribution is -0.169. The highest BCUT2D eigenvalue weighted by Gasteiger charge is 2.46. The van der Waals surface area contributed by atoms with Crippen LogP contribution >= 0.6 is 0 Å². The second-order valence-corrected chi connectivity index (χ2v) is 12.4. The van der Waals surface area contributed by atoms with E-state index in [0.717, 1.165) is 6.42 Å². The molecule has 0 aliphatic rings. The van der Waals surface area contributed by atoms with Crippen LogP contribution in [0.1, 0.15) is 102 Å². The van der Waals surface area contributed by atoms with Gasteiger partial charge in [0.25, 0.3) is 0 Å². The molecule has 0 rings (SSSR count). The summed E-state index contributed by atoms with van der Waals surface area (Å²) in [6.45, 7) is 24.2. The normalized spacial score (nSPS) is 16.4. The minimum Gasteiger partial charge on any atom is -0.463 e. The molecule has 7 nitrogen and oxygen atoms in total. The molecule has 0 saturated carbocycles. The van der Waals surface area contributed by atoms with Crippen molar-refractivity contribution in [1.29, 1.82) is 0 Å². The lowest BCUT2D eigenvalue weighted by atomic mass is 9.61. The van der Waals surface area contributed by atoms with E-state index in [1.54, 1.807) is 20.8 Å². The molecule has 1 amide bonds. The van der Waals surface area contributed by atoms with E-state index in [1.165, 1.54) is 6.92 Å². The molecule has 2 unspecified atom stereocenters. The molecule has 1 N–H and O–H groups in total. The summed E-state index contributed by atoms with van der Waals surface area (Å²) < 4.78 is 16.7. The van der Waals surface area contributed by atoms with Crippen LogP contribution in [0.2, 0.25) is 0 Å². The third-order valence-electron chi connectivity index (χ3n) is 6.74. The minimum atomic E-state index is -1.14. The topological polar surface area (TPSA) is 90.9 Å². The molecule has 0 bridgehead atoms. The van der Waals surface area contributed by atoms with Crippen molar-refractivity contribution in [2.45, 2.75) is 114 Å². The summed E-state index contributed by atoms with van der Waals surface area (Å²) in [5, 5.41) is 2.99. The number of amides is 1. The Balaban J connectivity index is 4.58. The number of rotatable bonds is 14. The van der Waals surface area contributed by atoms with Crippen molar-refractivity contribution in [1.82, 2.24) is 5.32 Å². The Labute approximate surface area is 208 Å². The van der Waals surface area contributed by atoms with Gasteiger partial charge in [0, 0.05) is 13.0 Å². The quantitative estimate of drug-likeness (QED) is 0.272. The summed E-state index contributed by atoms with van der Waals surface area (Å²) in [4.78, 5) is 37.2. The number of esters is 1. The average Bonchev–Trinajstić information content (AvgIpc) is 2.67. The highest BCUT2D eigenvalue weighted by Crippen LogP contribution is 2.46. The van der Waals surface area contributed by atoms with E-state index < -0.39 is 22.6 Å². The van der Waals surface area contributed by atoms with Crippen LogP contribution in [0.15, 0.2) is 0 Å². The zero-order valence-electron chi connectivity index (χ0n) is 23.9. The summed E-state index contributed by atoms with van der Waals surface area (Å²) >= 11 is 0. The Kier molecular flexibility index (Phi) is 11.9. The second kappa shape index (κ2) is 12.5. The third kappa shape index (κ3) is 10.0. The molecule has 0 spiro atoms. The summed E-state index contributed by atoms with van der Waals surface area (Å²) in [6, 6.07) is 0. The summed E-state index contributed by atoms with van der Waals surface area (Å²) in [5.74, 6) is -0.505. The van der Waals surface area contributed by atoms with Crippen LogP contribution < -0.4 is 5.32 Å². The Bertz CT molecular complexity index is 688. The number of hydrogen-bond acceptors (Lipinski definition) is 6.